The molecule has 0 radical (unpaired) electrons. The van der Waals surface area contributed by atoms with Gasteiger partial charge in [-0.15, -0.1) is 0 Å². The van der Waals surface area contributed by atoms with Crippen molar-refractivity contribution in [2.24, 2.45) is 11.5 Å². The van der Waals surface area contributed by atoms with Crippen LogP contribution >= 0.6 is 0 Å². The normalized spacial score (nSPS) is 11.1. The second kappa shape index (κ2) is 16.9. The molecule has 0 fully saturated rings. The number of unbranched alkanes of at least 4 members (excludes halogenated alkanes) is 1. The molecule has 0 saturated carbocycles. The molecule has 0 saturated heterocycles. The number of amides is 7. The number of nitrogens with zero attached hydrogens (tertiary/aromatic N) is 5. The molecule has 0 unspecified atom stereocenters. The van der Waals surface area contributed by atoms with Gasteiger partial charge in [0.1, 0.15) is 6.04 Å². The average Bonchev–Trinajstić information content (AvgIpc) is 2.82. The van der Waals surface area contributed by atoms with Crippen molar-refractivity contribution in [1.82, 2.24) is 29.8 Å². The van der Waals surface area contributed by atoms with E-state index in [0.717, 1.165) is 19.6 Å². The van der Waals surface area contributed by atoms with Gasteiger partial charge in [0.2, 0.25) is 41.4 Å². The molecule has 0 bridgehead atoms. The number of hydrogen-bond acceptors (Lipinski definition) is 8. The third-order valence-corrected chi connectivity index (χ3v) is 5.74. The van der Waals surface area contributed by atoms with Gasteiger partial charge in [0.25, 0.3) is 0 Å². The molecule has 38 heavy (non-hydrogen) atoms. The Morgan fingerprint density at radius 1 is 0.632 bits per heavy atom. The van der Waals surface area contributed by atoms with Crippen LogP contribution in [0.5, 0.6) is 0 Å². The number of hydrogen-bond donors (Lipinski definition) is 3. The number of primary amides is 1. The SMILES string of the molecule is CC(=O)N(C)CC(=O)N(C)CC(=O)N(C)CC(=O)N(C)CC(=O)N(C)CC(=O)N[C@H](CCCCN)C(N)=O. The minimum atomic E-state index is -0.876. The number of likely N-dealkylation sites (N-methyl/N-ethyl adjacent to an activating group) is 5. The lowest BCUT2D eigenvalue weighted by molar-refractivity contribution is -0.145. The molecule has 0 aromatic carbocycles. The van der Waals surface area contributed by atoms with Crippen LogP contribution in [0.2, 0.25) is 0 Å². The Labute approximate surface area is 223 Å². The maximum Gasteiger partial charge on any atom is 0.242 e. The monoisotopic (exact) mass is 542 g/mol. The molecule has 0 spiro atoms. The van der Waals surface area contributed by atoms with Crippen molar-refractivity contribution in [2.75, 3.05) is 74.5 Å². The molecular formula is C23H42N8O7. The van der Waals surface area contributed by atoms with Crippen LogP contribution < -0.4 is 16.8 Å². The van der Waals surface area contributed by atoms with Gasteiger partial charge in [0.15, 0.2) is 0 Å². The molecule has 5 N–H and O–H groups in total. The summed E-state index contributed by atoms with van der Waals surface area (Å²) >= 11 is 0. The average molecular weight is 543 g/mol. The predicted molar refractivity (Wildman–Crippen MR) is 138 cm³/mol. The lowest BCUT2D eigenvalue weighted by Crippen LogP contribution is -2.50. The van der Waals surface area contributed by atoms with Crippen molar-refractivity contribution >= 4 is 41.4 Å². The van der Waals surface area contributed by atoms with E-state index in [2.05, 4.69) is 5.32 Å². The molecule has 0 aromatic rings. The first-order valence-corrected chi connectivity index (χ1v) is 12.1. The third kappa shape index (κ3) is 13.0. The van der Waals surface area contributed by atoms with Crippen LogP contribution in [0.4, 0.5) is 0 Å². The van der Waals surface area contributed by atoms with Crippen molar-refractivity contribution in [2.45, 2.75) is 32.2 Å². The second-order valence-corrected chi connectivity index (χ2v) is 9.18. The molecular weight excluding hydrogens is 500 g/mol. The minimum absolute atomic E-state index is 0.185. The summed E-state index contributed by atoms with van der Waals surface area (Å²) in [5.74, 6) is -3.59. The number of carbonyl (C=O) groups is 7. The summed E-state index contributed by atoms with van der Waals surface area (Å²) in [4.78, 5) is 90.4. The molecule has 0 rings (SSSR count). The van der Waals surface area contributed by atoms with Gasteiger partial charge in [-0.3, -0.25) is 33.6 Å². The number of carbonyl (C=O) groups excluding carboxylic acids is 7. The van der Waals surface area contributed by atoms with Gasteiger partial charge < -0.3 is 41.3 Å². The Morgan fingerprint density at radius 2 is 1.00 bits per heavy atom. The largest absolute Gasteiger partial charge is 0.368 e. The van der Waals surface area contributed by atoms with Crippen LogP contribution in [0.1, 0.15) is 26.2 Å². The Balaban J connectivity index is 4.71. The summed E-state index contributed by atoms with van der Waals surface area (Å²) in [6.07, 6.45) is 1.61. The molecule has 0 aromatic heterocycles. The molecule has 15 heteroatoms. The lowest BCUT2D eigenvalue weighted by atomic mass is 10.1. The zero-order chi connectivity index (χ0) is 29.6. The highest BCUT2D eigenvalue weighted by Crippen LogP contribution is 2.01. The summed E-state index contributed by atoms with van der Waals surface area (Å²) in [6.45, 7) is 0.240. The van der Waals surface area contributed by atoms with Gasteiger partial charge in [-0.25, -0.2) is 0 Å². The highest BCUT2D eigenvalue weighted by atomic mass is 16.2. The lowest BCUT2D eigenvalue weighted by Gasteiger charge is -2.26. The molecule has 15 nitrogen and oxygen atoms in total. The molecule has 0 heterocycles. The van der Waals surface area contributed by atoms with Crippen molar-refractivity contribution in [1.29, 1.82) is 0 Å². The molecule has 1 atom stereocenters. The van der Waals surface area contributed by atoms with Crippen molar-refractivity contribution in [3.05, 3.63) is 0 Å². The summed E-state index contributed by atoms with van der Waals surface area (Å²) in [7, 11) is 7.01. The zero-order valence-corrected chi connectivity index (χ0v) is 23.2. The fraction of sp³-hybridized carbons (Fsp3) is 0.696. The Morgan fingerprint density at radius 3 is 1.34 bits per heavy atom. The first-order chi connectivity index (χ1) is 17.6. The zero-order valence-electron chi connectivity index (χ0n) is 23.2. The smallest absolute Gasteiger partial charge is 0.242 e. The van der Waals surface area contributed by atoms with Crippen LogP contribution in [0.15, 0.2) is 0 Å². The first-order valence-electron chi connectivity index (χ1n) is 12.1. The van der Waals surface area contributed by atoms with Crippen molar-refractivity contribution < 1.29 is 33.6 Å². The number of rotatable bonds is 16. The van der Waals surface area contributed by atoms with E-state index in [0.29, 0.717) is 25.8 Å². The second-order valence-electron chi connectivity index (χ2n) is 9.18. The predicted octanol–water partition coefficient (Wildman–Crippen LogP) is -3.60. The van der Waals surface area contributed by atoms with Crippen LogP contribution in [0.25, 0.3) is 0 Å². The summed E-state index contributed by atoms with van der Waals surface area (Å²) in [5, 5.41) is 2.49. The van der Waals surface area contributed by atoms with E-state index >= 15 is 0 Å². The van der Waals surface area contributed by atoms with Crippen LogP contribution in [-0.2, 0) is 33.6 Å². The molecule has 0 aliphatic rings. The number of nitrogens with one attached hydrogen (secondary N) is 1. The van der Waals surface area contributed by atoms with Gasteiger partial charge in [-0.2, -0.15) is 0 Å². The maximum absolute atomic E-state index is 12.5. The van der Waals surface area contributed by atoms with E-state index < -0.39 is 41.5 Å². The van der Waals surface area contributed by atoms with Gasteiger partial charge in [-0.1, -0.05) is 0 Å². The van der Waals surface area contributed by atoms with E-state index in [9.17, 15) is 33.6 Å². The van der Waals surface area contributed by atoms with Gasteiger partial charge in [0.05, 0.1) is 32.7 Å². The highest BCUT2D eigenvalue weighted by molar-refractivity contribution is 5.92. The minimum Gasteiger partial charge on any atom is -0.368 e. The fourth-order valence-corrected chi connectivity index (χ4v) is 2.99. The van der Waals surface area contributed by atoms with Crippen LogP contribution in [0.3, 0.4) is 0 Å². The van der Waals surface area contributed by atoms with Gasteiger partial charge in [0, 0.05) is 42.2 Å². The molecule has 0 aliphatic heterocycles. The Hall–Kier alpha value is -3.75. The number of nitrogens with two attached hydrogens (primary N) is 2. The quantitative estimate of drug-likeness (QED) is 0.166. The van der Waals surface area contributed by atoms with Crippen LogP contribution in [0, 0.1) is 0 Å². The van der Waals surface area contributed by atoms with E-state index in [1.54, 1.807) is 0 Å². The Bertz CT molecular complexity index is 882. The third-order valence-electron chi connectivity index (χ3n) is 5.74. The van der Waals surface area contributed by atoms with Crippen LogP contribution in [-0.4, -0.2) is 146 Å². The van der Waals surface area contributed by atoms with Gasteiger partial charge >= 0.3 is 0 Å². The van der Waals surface area contributed by atoms with E-state index in [-0.39, 0.29) is 38.6 Å². The van der Waals surface area contributed by atoms with E-state index in [1.807, 2.05) is 0 Å². The van der Waals surface area contributed by atoms with E-state index in [4.69, 9.17) is 11.5 Å². The summed E-state index contributed by atoms with van der Waals surface area (Å²) < 4.78 is 0. The summed E-state index contributed by atoms with van der Waals surface area (Å²) in [6, 6.07) is -0.876. The highest BCUT2D eigenvalue weighted by Gasteiger charge is 2.24. The molecule has 0 aliphatic carbocycles. The topological polar surface area (TPSA) is 200 Å². The summed E-state index contributed by atoms with van der Waals surface area (Å²) in [5.41, 5.74) is 10.7. The van der Waals surface area contributed by atoms with Gasteiger partial charge in [-0.05, 0) is 25.8 Å². The Kier molecular flexibility index (Phi) is 15.2. The first kappa shape index (κ1) is 34.2. The molecule has 7 amide bonds. The molecule has 216 valence electrons. The van der Waals surface area contributed by atoms with E-state index in [1.165, 1.54) is 47.1 Å². The maximum atomic E-state index is 12.5. The van der Waals surface area contributed by atoms with Crippen molar-refractivity contribution in [3.8, 4) is 0 Å². The van der Waals surface area contributed by atoms with Crippen molar-refractivity contribution in [3.63, 3.8) is 0 Å². The standard InChI is InChI=1S/C23H42N8O7/c1-16(32)27(2)12-19(34)29(4)14-21(36)31(6)15-22(37)30(5)13-20(35)28(3)11-18(33)26-17(23(25)38)9-7-8-10-24/h17H,7-15,24H2,1-6H3,(H2,25,38)(H,26,33)/t17-/m1/s1. The fourth-order valence-electron chi connectivity index (χ4n) is 2.99.